The van der Waals surface area contributed by atoms with E-state index in [1.165, 1.54) is 0 Å². The second kappa shape index (κ2) is 5.90. The summed E-state index contributed by atoms with van der Waals surface area (Å²) in [4.78, 5) is 14.9. The van der Waals surface area contributed by atoms with Crippen molar-refractivity contribution >= 4 is 5.78 Å². The van der Waals surface area contributed by atoms with Crippen LogP contribution in [0, 0.1) is 11.8 Å². The summed E-state index contributed by atoms with van der Waals surface area (Å²) < 4.78 is 11.0. The van der Waals surface area contributed by atoms with E-state index in [-0.39, 0.29) is 5.92 Å². The van der Waals surface area contributed by atoms with Crippen molar-refractivity contribution in [1.29, 1.82) is 0 Å². The van der Waals surface area contributed by atoms with Gasteiger partial charge in [-0.15, -0.1) is 0 Å². The number of nitrogens with zero attached hydrogens (tertiary/aromatic N) is 1. The second-order valence-corrected chi connectivity index (χ2v) is 6.41. The van der Waals surface area contributed by atoms with Crippen LogP contribution in [0.4, 0.5) is 0 Å². The Morgan fingerprint density at radius 2 is 1.74 bits per heavy atom. The predicted molar refractivity (Wildman–Crippen MR) is 72.0 cm³/mol. The van der Waals surface area contributed by atoms with Gasteiger partial charge in [0, 0.05) is 37.6 Å². The number of rotatable bonds is 3. The topological polar surface area (TPSA) is 38.8 Å². The Hall–Kier alpha value is -0.450. The number of morpholine rings is 1. The molecule has 0 amide bonds. The van der Waals surface area contributed by atoms with Crippen LogP contribution in [0.15, 0.2) is 0 Å². The molecule has 2 atom stereocenters. The van der Waals surface area contributed by atoms with E-state index in [4.69, 9.17) is 9.47 Å². The van der Waals surface area contributed by atoms with E-state index in [2.05, 4.69) is 11.9 Å². The summed E-state index contributed by atoms with van der Waals surface area (Å²) in [6.07, 6.45) is 4.89. The SMILES string of the molecule is CN1C2COCC1CC(C(=O)CC1CCOCC1)C2. The third-order valence-corrected chi connectivity index (χ3v) is 5.17. The minimum atomic E-state index is 0.276. The molecule has 3 fully saturated rings. The highest BCUT2D eigenvalue weighted by Gasteiger charge is 2.39. The lowest BCUT2D eigenvalue weighted by Crippen LogP contribution is -2.55. The molecule has 2 bridgehead atoms. The monoisotopic (exact) mass is 267 g/mol. The highest BCUT2D eigenvalue weighted by atomic mass is 16.5. The molecule has 0 spiro atoms. The minimum Gasteiger partial charge on any atom is -0.381 e. The quantitative estimate of drug-likeness (QED) is 0.776. The highest BCUT2D eigenvalue weighted by Crippen LogP contribution is 2.33. The summed E-state index contributed by atoms with van der Waals surface area (Å²) in [6, 6.07) is 0.910. The van der Waals surface area contributed by atoms with Crippen LogP contribution >= 0.6 is 0 Å². The van der Waals surface area contributed by atoms with E-state index in [0.717, 1.165) is 58.5 Å². The zero-order valence-electron chi connectivity index (χ0n) is 11.8. The van der Waals surface area contributed by atoms with Crippen molar-refractivity contribution < 1.29 is 14.3 Å². The van der Waals surface area contributed by atoms with E-state index < -0.39 is 0 Å². The Balaban J connectivity index is 1.55. The fourth-order valence-corrected chi connectivity index (χ4v) is 3.76. The van der Waals surface area contributed by atoms with Crippen molar-refractivity contribution in [3.05, 3.63) is 0 Å². The molecular weight excluding hydrogens is 242 g/mol. The summed E-state index contributed by atoms with van der Waals surface area (Å²) >= 11 is 0. The summed E-state index contributed by atoms with van der Waals surface area (Å²) in [5.41, 5.74) is 0. The van der Waals surface area contributed by atoms with Crippen molar-refractivity contribution in [2.24, 2.45) is 11.8 Å². The predicted octanol–water partition coefficient (Wildman–Crippen LogP) is 1.48. The number of carbonyl (C=O) groups excluding carboxylic acids is 1. The lowest BCUT2D eigenvalue weighted by atomic mass is 9.79. The summed E-state index contributed by atoms with van der Waals surface area (Å²) in [7, 11) is 2.18. The molecule has 4 heteroatoms. The van der Waals surface area contributed by atoms with Crippen molar-refractivity contribution in [3.63, 3.8) is 0 Å². The molecule has 3 aliphatic rings. The van der Waals surface area contributed by atoms with Crippen molar-refractivity contribution in [2.45, 2.75) is 44.2 Å². The van der Waals surface area contributed by atoms with Crippen LogP contribution in [0.1, 0.15) is 32.1 Å². The molecule has 0 N–H and O–H groups in total. The maximum atomic E-state index is 12.5. The van der Waals surface area contributed by atoms with Gasteiger partial charge in [0.1, 0.15) is 5.78 Å². The average Bonchev–Trinajstić information content (AvgIpc) is 2.39. The lowest BCUT2D eigenvalue weighted by molar-refractivity contribution is -0.132. The van der Waals surface area contributed by atoms with Gasteiger partial charge in [0.25, 0.3) is 0 Å². The molecule has 3 rings (SSSR count). The smallest absolute Gasteiger partial charge is 0.136 e. The summed E-state index contributed by atoms with van der Waals surface area (Å²) in [6.45, 7) is 3.27. The first-order chi connectivity index (χ1) is 9.24. The minimum absolute atomic E-state index is 0.276. The number of piperidine rings is 1. The Bertz CT molecular complexity index is 313. The number of Topliss-reactive ketones (excluding diaryl/α,β-unsaturated/α-hetero) is 1. The molecular formula is C15H25NO3. The third-order valence-electron chi connectivity index (χ3n) is 5.17. The van der Waals surface area contributed by atoms with Crippen LogP contribution in [0.25, 0.3) is 0 Å². The highest BCUT2D eigenvalue weighted by molar-refractivity contribution is 5.81. The first kappa shape index (κ1) is 13.5. The van der Waals surface area contributed by atoms with Gasteiger partial charge in [-0.3, -0.25) is 9.69 Å². The summed E-state index contributed by atoms with van der Waals surface area (Å²) in [5, 5.41) is 0. The summed E-state index contributed by atoms with van der Waals surface area (Å²) in [5.74, 6) is 1.34. The third kappa shape index (κ3) is 3.01. The van der Waals surface area contributed by atoms with E-state index in [1.54, 1.807) is 0 Å². The molecule has 0 aromatic rings. The Morgan fingerprint density at radius 3 is 2.37 bits per heavy atom. The molecule has 3 saturated heterocycles. The molecule has 19 heavy (non-hydrogen) atoms. The maximum Gasteiger partial charge on any atom is 0.136 e. The van der Waals surface area contributed by atoms with Gasteiger partial charge in [0.2, 0.25) is 0 Å². The largest absolute Gasteiger partial charge is 0.381 e. The zero-order chi connectivity index (χ0) is 13.2. The Kier molecular flexibility index (Phi) is 4.20. The number of hydrogen-bond donors (Lipinski definition) is 0. The van der Waals surface area contributed by atoms with E-state index in [9.17, 15) is 4.79 Å². The molecule has 0 radical (unpaired) electrons. The van der Waals surface area contributed by atoms with E-state index in [0.29, 0.717) is 23.8 Å². The van der Waals surface area contributed by atoms with E-state index in [1.807, 2.05) is 0 Å². The Labute approximate surface area is 115 Å². The average molecular weight is 267 g/mol. The van der Waals surface area contributed by atoms with Gasteiger partial charge in [-0.1, -0.05) is 0 Å². The molecule has 4 nitrogen and oxygen atoms in total. The number of carbonyl (C=O) groups is 1. The zero-order valence-corrected chi connectivity index (χ0v) is 11.8. The van der Waals surface area contributed by atoms with Crippen LogP contribution < -0.4 is 0 Å². The molecule has 3 aliphatic heterocycles. The van der Waals surface area contributed by atoms with Gasteiger partial charge in [-0.2, -0.15) is 0 Å². The van der Waals surface area contributed by atoms with Crippen LogP contribution in [-0.4, -0.2) is 56.2 Å². The molecule has 0 saturated carbocycles. The fourth-order valence-electron chi connectivity index (χ4n) is 3.76. The van der Waals surface area contributed by atoms with E-state index >= 15 is 0 Å². The van der Waals surface area contributed by atoms with Crippen molar-refractivity contribution in [2.75, 3.05) is 33.5 Å². The van der Waals surface area contributed by atoms with Gasteiger partial charge in [-0.25, -0.2) is 0 Å². The molecule has 0 aromatic heterocycles. The first-order valence-corrected chi connectivity index (χ1v) is 7.64. The normalized spacial score (nSPS) is 37.2. The number of ketones is 1. The van der Waals surface area contributed by atoms with Gasteiger partial charge >= 0.3 is 0 Å². The number of fused-ring (bicyclic) bond motifs is 2. The lowest BCUT2D eigenvalue weighted by Gasteiger charge is -2.46. The van der Waals surface area contributed by atoms with Gasteiger partial charge < -0.3 is 9.47 Å². The van der Waals surface area contributed by atoms with Gasteiger partial charge in [0.15, 0.2) is 0 Å². The van der Waals surface area contributed by atoms with Crippen LogP contribution in [0.5, 0.6) is 0 Å². The van der Waals surface area contributed by atoms with Crippen LogP contribution in [0.3, 0.4) is 0 Å². The fraction of sp³-hybridized carbons (Fsp3) is 0.933. The van der Waals surface area contributed by atoms with Crippen LogP contribution in [0.2, 0.25) is 0 Å². The van der Waals surface area contributed by atoms with Gasteiger partial charge in [-0.05, 0) is 38.6 Å². The number of hydrogen-bond acceptors (Lipinski definition) is 4. The molecule has 3 heterocycles. The van der Waals surface area contributed by atoms with Gasteiger partial charge in [0.05, 0.1) is 13.2 Å². The number of likely N-dealkylation sites (N-methyl/N-ethyl adjacent to an activating group) is 1. The second-order valence-electron chi connectivity index (χ2n) is 6.41. The van der Waals surface area contributed by atoms with Crippen LogP contribution in [-0.2, 0) is 14.3 Å². The molecule has 0 aliphatic carbocycles. The molecule has 108 valence electrons. The van der Waals surface area contributed by atoms with Crippen molar-refractivity contribution in [3.8, 4) is 0 Å². The first-order valence-electron chi connectivity index (χ1n) is 7.64. The molecule has 2 unspecified atom stereocenters. The Morgan fingerprint density at radius 1 is 1.11 bits per heavy atom. The molecule has 0 aromatic carbocycles. The van der Waals surface area contributed by atoms with Crippen molar-refractivity contribution in [1.82, 2.24) is 4.90 Å². The number of ether oxygens (including phenoxy) is 2. The maximum absolute atomic E-state index is 12.5. The standard InChI is InChI=1S/C15H25NO3/c1-16-13-7-12(8-14(16)10-19-9-13)15(17)6-11-2-4-18-5-3-11/h11-14H,2-10H2,1H3.